The summed E-state index contributed by atoms with van der Waals surface area (Å²) >= 11 is 0. The standard InChI is InChI=1S/C14H19N5O2/c1-20-13-8-11(15)2-3-12(13)14-16-17-18-19(14)6-4-10-5-7-21-9-10/h2-3,8,10H,4-7,9,15H2,1H3. The van der Waals surface area contributed by atoms with Crippen molar-refractivity contribution >= 4 is 5.69 Å². The zero-order chi connectivity index (χ0) is 14.7. The molecule has 1 fully saturated rings. The van der Waals surface area contributed by atoms with E-state index in [0.29, 0.717) is 23.2 Å². The molecule has 2 aromatic rings. The molecule has 0 aliphatic carbocycles. The van der Waals surface area contributed by atoms with E-state index in [2.05, 4.69) is 15.5 Å². The first-order chi connectivity index (χ1) is 10.3. The van der Waals surface area contributed by atoms with Crippen LogP contribution in [0, 0.1) is 5.92 Å². The topological polar surface area (TPSA) is 88.1 Å². The van der Waals surface area contributed by atoms with Gasteiger partial charge in [0.1, 0.15) is 5.75 Å². The Morgan fingerprint density at radius 3 is 3.14 bits per heavy atom. The minimum Gasteiger partial charge on any atom is -0.496 e. The van der Waals surface area contributed by atoms with Gasteiger partial charge in [-0.15, -0.1) is 5.10 Å². The molecule has 1 aromatic carbocycles. The number of nitrogen functional groups attached to an aromatic ring is 1. The monoisotopic (exact) mass is 289 g/mol. The van der Waals surface area contributed by atoms with Gasteiger partial charge >= 0.3 is 0 Å². The summed E-state index contributed by atoms with van der Waals surface area (Å²) in [4.78, 5) is 0. The lowest BCUT2D eigenvalue weighted by atomic mass is 10.1. The number of ether oxygens (including phenoxy) is 2. The lowest BCUT2D eigenvalue weighted by Crippen LogP contribution is -2.09. The van der Waals surface area contributed by atoms with Crippen LogP contribution in [-0.4, -0.2) is 40.5 Å². The highest BCUT2D eigenvalue weighted by Crippen LogP contribution is 2.30. The van der Waals surface area contributed by atoms with Crippen molar-refractivity contribution in [3.8, 4) is 17.1 Å². The van der Waals surface area contributed by atoms with E-state index in [0.717, 1.165) is 38.2 Å². The van der Waals surface area contributed by atoms with Gasteiger partial charge in [0.2, 0.25) is 0 Å². The number of rotatable bonds is 5. The molecule has 1 aromatic heterocycles. The van der Waals surface area contributed by atoms with E-state index in [1.54, 1.807) is 13.2 Å². The van der Waals surface area contributed by atoms with Gasteiger partial charge in [0, 0.05) is 31.5 Å². The fourth-order valence-corrected chi connectivity index (χ4v) is 2.56. The Balaban J connectivity index is 1.81. The van der Waals surface area contributed by atoms with E-state index in [1.807, 2.05) is 16.8 Å². The average Bonchev–Trinajstić information content (AvgIpc) is 3.16. The summed E-state index contributed by atoms with van der Waals surface area (Å²) in [5.74, 6) is 1.97. The number of tetrazole rings is 1. The van der Waals surface area contributed by atoms with Crippen LogP contribution in [0.25, 0.3) is 11.4 Å². The Labute approximate surface area is 123 Å². The maximum Gasteiger partial charge on any atom is 0.185 e. The van der Waals surface area contributed by atoms with E-state index in [-0.39, 0.29) is 0 Å². The van der Waals surface area contributed by atoms with Crippen molar-refractivity contribution in [1.82, 2.24) is 20.2 Å². The molecule has 0 amide bonds. The highest BCUT2D eigenvalue weighted by Gasteiger charge is 2.18. The predicted molar refractivity (Wildman–Crippen MR) is 77.8 cm³/mol. The fraction of sp³-hybridized carbons (Fsp3) is 0.500. The maximum absolute atomic E-state index is 5.78. The largest absolute Gasteiger partial charge is 0.496 e. The molecule has 2 N–H and O–H groups in total. The van der Waals surface area contributed by atoms with Crippen LogP contribution in [0.2, 0.25) is 0 Å². The Morgan fingerprint density at radius 1 is 1.48 bits per heavy atom. The molecule has 21 heavy (non-hydrogen) atoms. The molecule has 0 radical (unpaired) electrons. The summed E-state index contributed by atoms with van der Waals surface area (Å²) in [6.07, 6.45) is 2.12. The second kappa shape index (κ2) is 6.09. The van der Waals surface area contributed by atoms with Gasteiger partial charge in [-0.1, -0.05) is 0 Å². The normalized spacial score (nSPS) is 18.0. The fourth-order valence-electron chi connectivity index (χ4n) is 2.56. The predicted octanol–water partition coefficient (Wildman–Crippen LogP) is 1.36. The number of methoxy groups -OCH3 is 1. The van der Waals surface area contributed by atoms with Crippen LogP contribution in [0.5, 0.6) is 5.75 Å². The molecule has 1 unspecified atom stereocenters. The van der Waals surface area contributed by atoms with Crippen molar-refractivity contribution in [2.75, 3.05) is 26.1 Å². The number of benzene rings is 1. The van der Waals surface area contributed by atoms with Crippen LogP contribution < -0.4 is 10.5 Å². The molecule has 1 atom stereocenters. The second-order valence-corrected chi connectivity index (χ2v) is 5.20. The Hall–Kier alpha value is -2.15. The van der Waals surface area contributed by atoms with Crippen LogP contribution >= 0.6 is 0 Å². The third-order valence-electron chi connectivity index (χ3n) is 3.77. The SMILES string of the molecule is COc1cc(N)ccc1-c1nnnn1CCC1CCOC1. The van der Waals surface area contributed by atoms with Crippen LogP contribution in [0.1, 0.15) is 12.8 Å². The van der Waals surface area contributed by atoms with Gasteiger partial charge in [0.25, 0.3) is 0 Å². The Bertz CT molecular complexity index is 607. The summed E-state index contributed by atoms with van der Waals surface area (Å²) in [5, 5.41) is 12.0. The number of nitrogens with zero attached hydrogens (tertiary/aromatic N) is 4. The molecule has 7 nitrogen and oxygen atoms in total. The molecule has 1 aliphatic rings. The second-order valence-electron chi connectivity index (χ2n) is 5.20. The number of aryl methyl sites for hydroxylation is 1. The molecule has 112 valence electrons. The lowest BCUT2D eigenvalue weighted by molar-refractivity contribution is 0.183. The van der Waals surface area contributed by atoms with E-state index >= 15 is 0 Å². The minimum atomic E-state index is 0.593. The van der Waals surface area contributed by atoms with Gasteiger partial charge in [0.15, 0.2) is 5.82 Å². The quantitative estimate of drug-likeness (QED) is 0.836. The van der Waals surface area contributed by atoms with Crippen LogP contribution in [-0.2, 0) is 11.3 Å². The molecular formula is C14H19N5O2. The highest BCUT2D eigenvalue weighted by molar-refractivity contribution is 5.67. The van der Waals surface area contributed by atoms with Crippen molar-refractivity contribution in [1.29, 1.82) is 0 Å². The van der Waals surface area contributed by atoms with Crippen LogP contribution in [0.3, 0.4) is 0 Å². The number of hydrogen-bond acceptors (Lipinski definition) is 6. The molecule has 3 rings (SSSR count). The molecule has 2 heterocycles. The minimum absolute atomic E-state index is 0.593. The first kappa shape index (κ1) is 13.8. The average molecular weight is 289 g/mol. The molecule has 1 saturated heterocycles. The summed E-state index contributed by atoms with van der Waals surface area (Å²) in [6.45, 7) is 2.46. The van der Waals surface area contributed by atoms with Crippen molar-refractivity contribution in [3.63, 3.8) is 0 Å². The van der Waals surface area contributed by atoms with Gasteiger partial charge in [0.05, 0.1) is 12.7 Å². The molecular weight excluding hydrogens is 270 g/mol. The zero-order valence-corrected chi connectivity index (χ0v) is 12.0. The molecule has 0 spiro atoms. The van der Waals surface area contributed by atoms with E-state index in [9.17, 15) is 0 Å². The summed E-state index contributed by atoms with van der Waals surface area (Å²) < 4.78 is 12.6. The molecule has 1 aliphatic heterocycles. The zero-order valence-electron chi connectivity index (χ0n) is 12.0. The molecule has 0 bridgehead atoms. The third-order valence-corrected chi connectivity index (χ3v) is 3.77. The van der Waals surface area contributed by atoms with E-state index < -0.39 is 0 Å². The number of nitrogens with two attached hydrogens (primary N) is 1. The first-order valence-electron chi connectivity index (χ1n) is 7.05. The summed E-state index contributed by atoms with van der Waals surface area (Å²) in [7, 11) is 1.61. The van der Waals surface area contributed by atoms with E-state index in [4.69, 9.17) is 15.2 Å². The third kappa shape index (κ3) is 2.97. The van der Waals surface area contributed by atoms with Gasteiger partial charge in [-0.3, -0.25) is 0 Å². The van der Waals surface area contributed by atoms with Crippen molar-refractivity contribution in [3.05, 3.63) is 18.2 Å². The van der Waals surface area contributed by atoms with E-state index in [1.165, 1.54) is 0 Å². The van der Waals surface area contributed by atoms with Crippen LogP contribution in [0.15, 0.2) is 18.2 Å². The van der Waals surface area contributed by atoms with Gasteiger partial charge in [-0.25, -0.2) is 4.68 Å². The Morgan fingerprint density at radius 2 is 2.38 bits per heavy atom. The number of hydrogen-bond donors (Lipinski definition) is 1. The van der Waals surface area contributed by atoms with Crippen LogP contribution in [0.4, 0.5) is 5.69 Å². The molecule has 7 heteroatoms. The number of anilines is 1. The number of aromatic nitrogens is 4. The van der Waals surface area contributed by atoms with Gasteiger partial charge < -0.3 is 15.2 Å². The summed E-state index contributed by atoms with van der Waals surface area (Å²) in [5.41, 5.74) is 7.28. The highest BCUT2D eigenvalue weighted by atomic mass is 16.5. The lowest BCUT2D eigenvalue weighted by Gasteiger charge is -2.11. The smallest absolute Gasteiger partial charge is 0.185 e. The maximum atomic E-state index is 5.78. The molecule has 0 saturated carbocycles. The summed E-state index contributed by atoms with van der Waals surface area (Å²) in [6, 6.07) is 5.48. The first-order valence-corrected chi connectivity index (χ1v) is 7.05. The van der Waals surface area contributed by atoms with Crippen molar-refractivity contribution in [2.45, 2.75) is 19.4 Å². The van der Waals surface area contributed by atoms with Gasteiger partial charge in [-0.05, 0) is 41.3 Å². The van der Waals surface area contributed by atoms with Crippen molar-refractivity contribution < 1.29 is 9.47 Å². The van der Waals surface area contributed by atoms with Crippen molar-refractivity contribution in [2.24, 2.45) is 5.92 Å². The Kier molecular flexibility index (Phi) is 4.01. The van der Waals surface area contributed by atoms with Gasteiger partial charge in [-0.2, -0.15) is 0 Å².